The van der Waals surface area contributed by atoms with Crippen LogP contribution in [0.5, 0.6) is 5.88 Å². The minimum absolute atomic E-state index is 0.0584. The van der Waals surface area contributed by atoms with Gasteiger partial charge in [0.25, 0.3) is 0 Å². The molecule has 2 rings (SSSR count). The van der Waals surface area contributed by atoms with Crippen LogP contribution in [0.1, 0.15) is 18.4 Å². The maximum Gasteiger partial charge on any atom is 0.244 e. The quantitative estimate of drug-likeness (QED) is 0.567. The number of nitrogens with zero attached hydrogens (tertiary/aromatic N) is 2. The Morgan fingerprint density at radius 3 is 2.94 bits per heavy atom. The van der Waals surface area contributed by atoms with E-state index in [1.807, 2.05) is 0 Å². The number of rotatable bonds is 3. The van der Waals surface area contributed by atoms with Gasteiger partial charge in [-0.15, -0.1) is 5.10 Å². The van der Waals surface area contributed by atoms with Crippen molar-refractivity contribution in [2.45, 2.75) is 18.9 Å². The van der Waals surface area contributed by atoms with Crippen LogP contribution < -0.4 is 10.5 Å². The SMILES string of the molecule is N=C(N)c1ccnnc1OC1CCOCC1. The molecule has 86 valence electrons. The second kappa shape index (κ2) is 4.89. The summed E-state index contributed by atoms with van der Waals surface area (Å²) in [6, 6.07) is 1.63. The lowest BCUT2D eigenvalue weighted by atomic mass is 10.1. The number of nitrogens with two attached hydrogens (primary N) is 1. The molecule has 0 saturated carbocycles. The normalized spacial score (nSPS) is 17.0. The van der Waals surface area contributed by atoms with Crippen LogP contribution >= 0.6 is 0 Å². The van der Waals surface area contributed by atoms with Crippen molar-refractivity contribution in [2.24, 2.45) is 5.73 Å². The molecule has 0 unspecified atom stereocenters. The Balaban J connectivity index is 2.10. The molecule has 6 nitrogen and oxygen atoms in total. The third kappa shape index (κ3) is 2.46. The maximum absolute atomic E-state index is 7.40. The average molecular weight is 222 g/mol. The van der Waals surface area contributed by atoms with E-state index in [1.54, 1.807) is 6.07 Å². The minimum atomic E-state index is -0.0584. The van der Waals surface area contributed by atoms with Gasteiger partial charge in [-0.25, -0.2) is 0 Å². The molecule has 0 aromatic carbocycles. The average Bonchev–Trinajstić information content (AvgIpc) is 2.31. The topological polar surface area (TPSA) is 94.1 Å². The highest BCUT2D eigenvalue weighted by Gasteiger charge is 2.18. The second-order valence-electron chi connectivity index (χ2n) is 3.59. The van der Waals surface area contributed by atoms with Crippen molar-refractivity contribution in [3.63, 3.8) is 0 Å². The van der Waals surface area contributed by atoms with Crippen LogP contribution in [-0.4, -0.2) is 35.4 Å². The van der Waals surface area contributed by atoms with E-state index >= 15 is 0 Å². The van der Waals surface area contributed by atoms with Gasteiger partial charge in [0, 0.05) is 12.8 Å². The van der Waals surface area contributed by atoms with Gasteiger partial charge in [0.15, 0.2) is 0 Å². The van der Waals surface area contributed by atoms with Gasteiger partial charge < -0.3 is 15.2 Å². The summed E-state index contributed by atoms with van der Waals surface area (Å²) in [5.74, 6) is 0.277. The summed E-state index contributed by atoms with van der Waals surface area (Å²) in [4.78, 5) is 0. The highest BCUT2D eigenvalue weighted by atomic mass is 16.5. The third-order valence-corrected chi connectivity index (χ3v) is 2.42. The van der Waals surface area contributed by atoms with Crippen molar-refractivity contribution in [3.8, 4) is 5.88 Å². The molecule has 1 aromatic rings. The molecule has 2 heterocycles. The fourth-order valence-corrected chi connectivity index (χ4v) is 1.56. The second-order valence-corrected chi connectivity index (χ2v) is 3.59. The van der Waals surface area contributed by atoms with Gasteiger partial charge in [-0.1, -0.05) is 0 Å². The summed E-state index contributed by atoms with van der Waals surface area (Å²) in [7, 11) is 0. The first kappa shape index (κ1) is 10.8. The largest absolute Gasteiger partial charge is 0.473 e. The Bertz CT molecular complexity index is 377. The third-order valence-electron chi connectivity index (χ3n) is 2.42. The zero-order valence-electron chi connectivity index (χ0n) is 8.85. The van der Waals surface area contributed by atoms with Gasteiger partial charge in [-0.2, -0.15) is 5.10 Å². The molecule has 6 heteroatoms. The fraction of sp³-hybridized carbons (Fsp3) is 0.500. The Morgan fingerprint density at radius 1 is 1.50 bits per heavy atom. The molecule has 16 heavy (non-hydrogen) atoms. The summed E-state index contributed by atoms with van der Waals surface area (Å²) in [6.45, 7) is 1.39. The molecule has 0 atom stereocenters. The van der Waals surface area contributed by atoms with E-state index in [0.717, 1.165) is 12.8 Å². The molecule has 1 aliphatic heterocycles. The number of hydrogen-bond donors (Lipinski definition) is 2. The molecule has 0 amide bonds. The van der Waals surface area contributed by atoms with E-state index in [9.17, 15) is 0 Å². The van der Waals surface area contributed by atoms with Gasteiger partial charge >= 0.3 is 0 Å². The van der Waals surface area contributed by atoms with Crippen LogP contribution in [0.2, 0.25) is 0 Å². The van der Waals surface area contributed by atoms with Crippen LogP contribution in [0.25, 0.3) is 0 Å². The van der Waals surface area contributed by atoms with Crippen molar-refractivity contribution in [1.82, 2.24) is 10.2 Å². The summed E-state index contributed by atoms with van der Waals surface area (Å²) < 4.78 is 10.9. The molecular weight excluding hydrogens is 208 g/mol. The molecular formula is C10H14N4O2. The standard InChI is InChI=1S/C10H14N4O2/c11-9(12)8-1-4-13-14-10(8)16-7-2-5-15-6-3-7/h1,4,7H,2-3,5-6H2,(H3,11,12). The van der Waals surface area contributed by atoms with Gasteiger partial charge in [-0.3, -0.25) is 5.41 Å². The monoisotopic (exact) mass is 222 g/mol. The highest BCUT2D eigenvalue weighted by Crippen LogP contribution is 2.18. The summed E-state index contributed by atoms with van der Waals surface area (Å²) in [5, 5.41) is 15.0. The predicted molar refractivity (Wildman–Crippen MR) is 57.5 cm³/mol. The zero-order chi connectivity index (χ0) is 11.4. The van der Waals surface area contributed by atoms with Crippen molar-refractivity contribution in [3.05, 3.63) is 17.8 Å². The van der Waals surface area contributed by atoms with E-state index in [-0.39, 0.29) is 11.9 Å². The van der Waals surface area contributed by atoms with E-state index < -0.39 is 0 Å². The molecule has 0 radical (unpaired) electrons. The lowest BCUT2D eigenvalue weighted by Crippen LogP contribution is -2.27. The summed E-state index contributed by atoms with van der Waals surface area (Å²) >= 11 is 0. The number of aromatic nitrogens is 2. The van der Waals surface area contributed by atoms with Gasteiger partial charge in [-0.05, 0) is 6.07 Å². The van der Waals surface area contributed by atoms with Crippen molar-refractivity contribution in [2.75, 3.05) is 13.2 Å². The van der Waals surface area contributed by atoms with Crippen molar-refractivity contribution < 1.29 is 9.47 Å². The number of amidine groups is 1. The van der Waals surface area contributed by atoms with E-state index in [1.165, 1.54) is 6.20 Å². The first-order valence-electron chi connectivity index (χ1n) is 5.18. The van der Waals surface area contributed by atoms with Gasteiger partial charge in [0.05, 0.1) is 25.0 Å². The molecule has 1 fully saturated rings. The maximum atomic E-state index is 7.40. The lowest BCUT2D eigenvalue weighted by molar-refractivity contribution is 0.0232. The number of ether oxygens (including phenoxy) is 2. The first-order valence-corrected chi connectivity index (χ1v) is 5.18. The lowest BCUT2D eigenvalue weighted by Gasteiger charge is -2.23. The highest BCUT2D eigenvalue weighted by molar-refractivity contribution is 5.96. The molecule has 0 spiro atoms. The number of hydrogen-bond acceptors (Lipinski definition) is 5. The molecule has 1 aliphatic rings. The Morgan fingerprint density at radius 2 is 2.25 bits per heavy atom. The van der Waals surface area contributed by atoms with Crippen molar-refractivity contribution in [1.29, 1.82) is 5.41 Å². The Labute approximate surface area is 93.3 Å². The van der Waals surface area contributed by atoms with E-state index in [4.69, 9.17) is 20.6 Å². The summed E-state index contributed by atoms with van der Waals surface area (Å²) in [5.41, 5.74) is 5.92. The van der Waals surface area contributed by atoms with Gasteiger partial charge in [0.1, 0.15) is 11.9 Å². The van der Waals surface area contributed by atoms with Gasteiger partial charge in [0.2, 0.25) is 5.88 Å². The Kier molecular flexibility index (Phi) is 3.31. The Hall–Kier alpha value is -1.69. The van der Waals surface area contributed by atoms with Crippen LogP contribution in [-0.2, 0) is 4.74 Å². The van der Waals surface area contributed by atoms with Crippen LogP contribution in [0.3, 0.4) is 0 Å². The van der Waals surface area contributed by atoms with Crippen LogP contribution in [0.4, 0.5) is 0 Å². The number of nitrogen functional groups attached to an aromatic ring is 1. The molecule has 1 saturated heterocycles. The number of nitrogens with one attached hydrogen (secondary N) is 1. The molecule has 1 aromatic heterocycles. The molecule has 0 aliphatic carbocycles. The van der Waals surface area contributed by atoms with E-state index in [0.29, 0.717) is 24.7 Å². The fourth-order valence-electron chi connectivity index (χ4n) is 1.56. The minimum Gasteiger partial charge on any atom is -0.473 e. The molecule has 3 N–H and O–H groups in total. The first-order chi connectivity index (χ1) is 7.77. The molecule has 0 bridgehead atoms. The predicted octanol–water partition coefficient (Wildman–Crippen LogP) is 0.318. The smallest absolute Gasteiger partial charge is 0.244 e. The summed E-state index contributed by atoms with van der Waals surface area (Å²) in [6.07, 6.45) is 3.22. The van der Waals surface area contributed by atoms with Crippen LogP contribution in [0.15, 0.2) is 12.3 Å². The van der Waals surface area contributed by atoms with Crippen molar-refractivity contribution >= 4 is 5.84 Å². The van der Waals surface area contributed by atoms with Crippen LogP contribution in [0, 0.1) is 5.41 Å². The zero-order valence-corrected chi connectivity index (χ0v) is 8.85. The van der Waals surface area contributed by atoms with E-state index in [2.05, 4.69) is 10.2 Å².